The molecule has 0 saturated heterocycles. The van der Waals surface area contributed by atoms with Crippen LogP contribution < -0.4 is 62.2 Å². The molecule has 1 aliphatic rings. The van der Waals surface area contributed by atoms with Crippen LogP contribution in [0, 0.1) is 20.8 Å². The molecule has 0 spiro atoms. The van der Waals surface area contributed by atoms with Crippen LogP contribution in [0.5, 0.6) is 0 Å². The molecular weight excluding hydrogens is 965 g/mol. The van der Waals surface area contributed by atoms with E-state index in [4.69, 9.17) is 0 Å². The van der Waals surface area contributed by atoms with Gasteiger partial charge in [-0.2, -0.15) is 0 Å². The zero-order valence-corrected chi connectivity index (χ0v) is 60.8. The largest absolute Gasteiger partial charge is 0.158 e. The Bertz CT molecular complexity index is 2260. The lowest BCUT2D eigenvalue weighted by molar-refractivity contribution is 1.09. The van der Waals surface area contributed by atoms with Crippen molar-refractivity contribution in [3.8, 4) is 0 Å². The van der Waals surface area contributed by atoms with Crippen molar-refractivity contribution in [2.24, 2.45) is 0 Å². The topological polar surface area (TPSA) is 0 Å². The molecule has 0 nitrogen and oxygen atoms in total. The van der Waals surface area contributed by atoms with Gasteiger partial charge in [-0.3, -0.25) is 0 Å². The second-order valence-electron chi connectivity index (χ2n) is 31.1. The maximum atomic E-state index is 3.09. The van der Waals surface area contributed by atoms with E-state index in [1.54, 1.807) is 54.5 Å². The summed E-state index contributed by atoms with van der Waals surface area (Å²) in [6, 6.07) is 9.26. The highest BCUT2D eigenvalue weighted by Crippen LogP contribution is 2.47. The molecule has 0 saturated carbocycles. The summed E-state index contributed by atoms with van der Waals surface area (Å²) >= 11 is 0. The number of hydrogen-bond acceptors (Lipinski definition) is 0. The second-order valence-corrected chi connectivity index (χ2v) is 80.1. The molecule has 1 aliphatic carbocycles. The van der Waals surface area contributed by atoms with E-state index in [1.165, 1.54) is 0 Å². The van der Waals surface area contributed by atoms with Gasteiger partial charge in [0, 0.05) is 5.54 Å². The van der Waals surface area contributed by atoms with Gasteiger partial charge in [-0.05, 0) is 75.2 Å². The Hall–Kier alpha value is -0.691. The minimum atomic E-state index is -3.23. The summed E-state index contributed by atoms with van der Waals surface area (Å²) < 4.78 is 0. The second kappa shape index (κ2) is 18.1. The molecule has 3 aromatic rings. The SMILES string of the molecule is CC1=C(C)C([Si](c2cc([Si](C)(C)C)c([Si](C)(C)C)c(C)c2[Si](C)(C)C)(c2cc([Si](C)(C)C)c([Si](C)(C)C)c(C)c2[Si](C)(C)C)c2cc([Si](C)(C)C)c([Si](C)(C)C)c(C)c2[Si](C)(C)C)C(C)=C1C. The minimum absolute atomic E-state index is 0.345. The molecular formula is C57H106Si10. The van der Waals surface area contributed by atoms with Crippen molar-refractivity contribution in [1.82, 2.24) is 0 Å². The lowest BCUT2D eigenvalue weighted by atomic mass is 10.1. The van der Waals surface area contributed by atoms with Gasteiger partial charge < -0.3 is 0 Å². The van der Waals surface area contributed by atoms with Gasteiger partial charge in [0.2, 0.25) is 0 Å². The molecule has 0 bridgehead atoms. The van der Waals surface area contributed by atoms with Crippen LogP contribution in [-0.2, 0) is 0 Å². The summed E-state index contributed by atoms with van der Waals surface area (Å²) in [5.41, 5.74) is 12.0. The Balaban J connectivity index is 2.97. The zero-order valence-electron chi connectivity index (χ0n) is 50.8. The predicted molar refractivity (Wildman–Crippen MR) is 346 cm³/mol. The maximum absolute atomic E-state index is 3.23. The summed E-state index contributed by atoms with van der Waals surface area (Å²) in [4.78, 5) is 0. The summed E-state index contributed by atoms with van der Waals surface area (Å²) in [5.74, 6) is 0. The van der Waals surface area contributed by atoms with Crippen molar-refractivity contribution in [3.05, 3.63) is 57.2 Å². The molecule has 0 aromatic heterocycles. The van der Waals surface area contributed by atoms with Gasteiger partial charge in [0.15, 0.2) is 8.07 Å². The van der Waals surface area contributed by atoms with E-state index in [1.807, 2.05) is 46.7 Å². The molecule has 0 unspecified atom stereocenters. The van der Waals surface area contributed by atoms with Crippen LogP contribution >= 0.6 is 0 Å². The Morgan fingerprint density at radius 3 is 0.552 bits per heavy atom. The Morgan fingerprint density at radius 1 is 0.239 bits per heavy atom. The van der Waals surface area contributed by atoms with Crippen LogP contribution in [-0.4, -0.2) is 80.7 Å². The fourth-order valence-corrected chi connectivity index (χ4v) is 50.3. The molecule has 0 amide bonds. The highest BCUT2D eigenvalue weighted by Gasteiger charge is 2.58. The van der Waals surface area contributed by atoms with Crippen molar-refractivity contribution in [3.63, 3.8) is 0 Å². The molecule has 0 radical (unpaired) electrons. The Kier molecular flexibility index (Phi) is 15.9. The normalized spacial score (nSPS) is 16.0. The van der Waals surface area contributed by atoms with Crippen molar-refractivity contribution in [1.29, 1.82) is 0 Å². The first kappa shape index (κ1) is 58.9. The lowest BCUT2D eigenvalue weighted by Gasteiger charge is -2.51. The number of rotatable bonds is 13. The van der Waals surface area contributed by atoms with Crippen LogP contribution in [0.2, 0.25) is 182 Å². The van der Waals surface area contributed by atoms with Gasteiger partial charge in [0.05, 0.1) is 72.7 Å². The molecule has 0 fully saturated rings. The highest BCUT2D eigenvalue weighted by atomic mass is 28.3. The number of hydrogen-bond donors (Lipinski definition) is 0. The van der Waals surface area contributed by atoms with Crippen LogP contribution in [0.15, 0.2) is 40.5 Å². The maximum Gasteiger partial charge on any atom is 0.158 e. The van der Waals surface area contributed by atoms with E-state index in [-0.39, 0.29) is 0 Å². The average molecular weight is 1070 g/mol. The minimum Gasteiger partial charge on any atom is -0.0656 e. The van der Waals surface area contributed by atoms with E-state index in [0.717, 1.165) is 0 Å². The Morgan fingerprint density at radius 2 is 0.403 bits per heavy atom. The summed E-state index contributed by atoms with van der Waals surface area (Å²) in [7, 11) is -20.5. The monoisotopic (exact) mass is 1070 g/mol. The zero-order chi connectivity index (χ0) is 52.7. The standard InChI is InChI=1S/C57H106Si10/c1-38-39(2)41(4)51(40(38)3)67(48-35-45(58(8,9)10)52(61(17,18)19)42(5)55(48)64(26,27)28,49-36-46(59(11,12)13)53(62(20,21)22)43(6)56(49)65(29,30)31)50-37-47(60(14,15)16)54(63(23,24)25)44(7)57(50)66(32,33)34/h35-37,51H,1-34H3. The van der Waals surface area contributed by atoms with E-state index >= 15 is 0 Å². The third kappa shape index (κ3) is 10.6. The molecule has 10 heteroatoms. The fraction of sp³-hybridized carbons (Fsp3) is 0.614. The predicted octanol–water partition coefficient (Wildman–Crippen LogP) is 11.0. The Labute approximate surface area is 427 Å². The first-order valence-corrected chi connectivity index (χ1v) is 59.9. The molecule has 67 heavy (non-hydrogen) atoms. The van der Waals surface area contributed by atoms with E-state index < -0.39 is 80.7 Å². The van der Waals surface area contributed by atoms with Crippen molar-refractivity contribution in [2.75, 3.05) is 0 Å². The molecule has 0 heterocycles. The quantitative estimate of drug-likeness (QED) is 0.118. The molecule has 0 aliphatic heterocycles. The first-order chi connectivity index (χ1) is 29.4. The van der Waals surface area contributed by atoms with Gasteiger partial charge in [0.1, 0.15) is 0 Å². The van der Waals surface area contributed by atoms with Crippen molar-refractivity contribution >= 4 is 143 Å². The third-order valence-corrected chi connectivity index (χ3v) is 41.8. The fourth-order valence-electron chi connectivity index (χ4n) is 13.9. The summed E-state index contributed by atoms with van der Waals surface area (Å²) in [6.45, 7) is 91.3. The van der Waals surface area contributed by atoms with E-state index in [9.17, 15) is 0 Å². The molecule has 0 atom stereocenters. The van der Waals surface area contributed by atoms with E-state index in [0.29, 0.717) is 5.54 Å². The molecule has 374 valence electrons. The van der Waals surface area contributed by atoms with E-state index in [2.05, 4.69) is 243 Å². The van der Waals surface area contributed by atoms with Crippen LogP contribution in [0.25, 0.3) is 0 Å². The van der Waals surface area contributed by atoms with Gasteiger partial charge in [-0.1, -0.05) is 269 Å². The van der Waals surface area contributed by atoms with Gasteiger partial charge in [-0.25, -0.2) is 0 Å². The highest BCUT2D eigenvalue weighted by molar-refractivity contribution is 7.21. The first-order valence-electron chi connectivity index (χ1n) is 26.3. The van der Waals surface area contributed by atoms with Crippen molar-refractivity contribution in [2.45, 2.75) is 231 Å². The summed E-state index contributed by atoms with van der Waals surface area (Å²) in [6.07, 6.45) is 0. The van der Waals surface area contributed by atoms with Gasteiger partial charge in [0.25, 0.3) is 0 Å². The van der Waals surface area contributed by atoms with Crippen LogP contribution in [0.3, 0.4) is 0 Å². The third-order valence-electron chi connectivity index (χ3n) is 16.0. The van der Waals surface area contributed by atoms with Crippen LogP contribution in [0.4, 0.5) is 0 Å². The number of benzene rings is 3. The molecule has 0 N–H and O–H groups in total. The van der Waals surface area contributed by atoms with Gasteiger partial charge in [-0.15, -0.1) is 0 Å². The van der Waals surface area contributed by atoms with Gasteiger partial charge >= 0.3 is 0 Å². The molecule has 3 aromatic carbocycles. The number of allylic oxidation sites excluding steroid dienone is 4. The molecule has 4 rings (SSSR count). The smallest absolute Gasteiger partial charge is 0.0656 e. The summed E-state index contributed by atoms with van der Waals surface area (Å²) in [5, 5.41) is 21.9. The lowest BCUT2D eigenvalue weighted by Crippen LogP contribution is -2.85. The van der Waals surface area contributed by atoms with Crippen molar-refractivity contribution < 1.29 is 0 Å². The van der Waals surface area contributed by atoms with Crippen LogP contribution in [0.1, 0.15) is 44.4 Å². The average Bonchev–Trinajstić information content (AvgIpc) is 3.25.